The molecule has 1 rings (SSSR count). The van der Waals surface area contributed by atoms with Crippen molar-refractivity contribution in [3.05, 3.63) is 35.5 Å². The summed E-state index contributed by atoms with van der Waals surface area (Å²) in [7, 11) is 0. The molecule has 0 saturated heterocycles. The van der Waals surface area contributed by atoms with E-state index in [2.05, 4.69) is 23.5 Å². The van der Waals surface area contributed by atoms with E-state index < -0.39 is 6.10 Å². The number of H-pyrrole nitrogens is 1. The maximum atomic E-state index is 10.9. The van der Waals surface area contributed by atoms with Crippen molar-refractivity contribution in [1.29, 1.82) is 0 Å². The Labute approximate surface area is 105 Å². The van der Waals surface area contributed by atoms with E-state index in [-0.39, 0.29) is 19.1 Å². The lowest BCUT2D eigenvalue weighted by Crippen LogP contribution is -2.34. The van der Waals surface area contributed by atoms with Crippen molar-refractivity contribution in [3.8, 4) is 0 Å². The number of rotatable bonds is 6. The van der Waals surface area contributed by atoms with Crippen LogP contribution in [0.1, 0.15) is 6.92 Å². The highest BCUT2D eigenvalue weighted by molar-refractivity contribution is 5.86. The number of aliphatic hydroxyl groups is 1. The van der Waals surface area contributed by atoms with E-state index >= 15 is 0 Å². The fourth-order valence-electron chi connectivity index (χ4n) is 1.38. The second kappa shape index (κ2) is 6.66. The normalized spacial score (nSPS) is 13.7. The maximum Gasteiger partial charge on any atom is 0.243 e. The molecule has 98 valence electrons. The predicted molar refractivity (Wildman–Crippen MR) is 69.8 cm³/mol. The zero-order valence-electron chi connectivity index (χ0n) is 10.4. The summed E-state index contributed by atoms with van der Waals surface area (Å²) < 4.78 is 5.42. The van der Waals surface area contributed by atoms with Crippen LogP contribution in [0, 0.1) is 0 Å². The van der Waals surface area contributed by atoms with Crippen LogP contribution < -0.4 is 15.9 Å². The quantitative estimate of drug-likeness (QED) is 0.581. The molecule has 0 bridgehead atoms. The van der Waals surface area contributed by atoms with Gasteiger partial charge in [-0.2, -0.15) is 0 Å². The van der Waals surface area contributed by atoms with Crippen LogP contribution in [0.4, 0.5) is 0 Å². The third kappa shape index (κ3) is 4.10. The molecule has 1 aromatic heterocycles. The van der Waals surface area contributed by atoms with Gasteiger partial charge in [0.25, 0.3) is 0 Å². The predicted octanol–water partition coefficient (Wildman–Crippen LogP) is -0.767. The smallest absolute Gasteiger partial charge is 0.243 e. The zero-order chi connectivity index (χ0) is 13.5. The molecule has 0 saturated carbocycles. The molecule has 0 spiro atoms. The summed E-state index contributed by atoms with van der Waals surface area (Å²) in [5.41, 5.74) is 0. The van der Waals surface area contributed by atoms with Gasteiger partial charge in [-0.15, -0.1) is 0 Å². The summed E-state index contributed by atoms with van der Waals surface area (Å²) in [6.45, 7) is 9.16. The van der Waals surface area contributed by atoms with Crippen LogP contribution in [0.15, 0.2) is 24.9 Å². The molecule has 0 aliphatic carbocycles. The third-order valence-corrected chi connectivity index (χ3v) is 2.40. The van der Waals surface area contributed by atoms with E-state index in [1.165, 1.54) is 0 Å². The Morgan fingerprint density at radius 2 is 2.44 bits per heavy atom. The van der Waals surface area contributed by atoms with E-state index in [9.17, 15) is 9.90 Å². The van der Waals surface area contributed by atoms with Gasteiger partial charge in [0.15, 0.2) is 0 Å². The fraction of sp³-hybridized carbons (Fsp3) is 0.308. The summed E-state index contributed by atoms with van der Waals surface area (Å²) in [4.78, 5) is 13.8. The molecule has 5 heteroatoms. The maximum absolute atomic E-state index is 10.9. The van der Waals surface area contributed by atoms with Crippen LogP contribution in [0.3, 0.4) is 0 Å². The van der Waals surface area contributed by atoms with Crippen LogP contribution in [0.25, 0.3) is 12.3 Å². The average molecular weight is 250 g/mol. The van der Waals surface area contributed by atoms with Gasteiger partial charge in [0, 0.05) is 23.3 Å². The first-order valence-corrected chi connectivity index (χ1v) is 5.59. The molecule has 5 nitrogen and oxygen atoms in total. The number of carbonyl (C=O) groups is 1. The Kier molecular flexibility index (Phi) is 5.20. The number of ether oxygens (including phenoxy) is 1. The molecule has 18 heavy (non-hydrogen) atoms. The van der Waals surface area contributed by atoms with Gasteiger partial charge in [0.2, 0.25) is 5.91 Å². The second-order valence-electron chi connectivity index (χ2n) is 3.84. The molecule has 1 heterocycles. The van der Waals surface area contributed by atoms with Gasteiger partial charge in [-0.1, -0.05) is 13.2 Å². The Morgan fingerprint density at radius 3 is 3.00 bits per heavy atom. The third-order valence-electron chi connectivity index (χ3n) is 2.40. The molecule has 0 radical (unpaired) electrons. The van der Waals surface area contributed by atoms with Gasteiger partial charge in [-0.3, -0.25) is 4.79 Å². The summed E-state index contributed by atoms with van der Waals surface area (Å²) in [5, 5.41) is 13.7. The number of hydrogen-bond donors (Lipinski definition) is 3. The Morgan fingerprint density at radius 1 is 1.72 bits per heavy atom. The topological polar surface area (TPSA) is 74.3 Å². The molecular formula is C13H18N2O3. The van der Waals surface area contributed by atoms with Crippen LogP contribution in [0.2, 0.25) is 0 Å². The lowest BCUT2D eigenvalue weighted by Gasteiger charge is -2.12. The van der Waals surface area contributed by atoms with Gasteiger partial charge in [0.1, 0.15) is 18.5 Å². The van der Waals surface area contributed by atoms with Crippen LogP contribution in [-0.2, 0) is 9.53 Å². The SMILES string of the molecule is C=CC(=O)NCC(O)COC(C)=c1cc[nH]c1=C. The summed E-state index contributed by atoms with van der Waals surface area (Å²) in [5.74, 6) is 0.357. The summed E-state index contributed by atoms with van der Waals surface area (Å²) >= 11 is 0. The first kappa shape index (κ1) is 14.1. The lowest BCUT2D eigenvalue weighted by molar-refractivity contribution is -0.117. The van der Waals surface area contributed by atoms with E-state index in [0.717, 1.165) is 16.6 Å². The van der Waals surface area contributed by atoms with Crippen molar-refractivity contribution in [2.75, 3.05) is 13.2 Å². The van der Waals surface area contributed by atoms with Crippen LogP contribution in [0.5, 0.6) is 0 Å². The largest absolute Gasteiger partial charge is 0.495 e. The van der Waals surface area contributed by atoms with Crippen molar-refractivity contribution in [2.45, 2.75) is 13.0 Å². The highest BCUT2D eigenvalue weighted by Gasteiger charge is 2.06. The summed E-state index contributed by atoms with van der Waals surface area (Å²) in [6.07, 6.45) is 2.15. The fourth-order valence-corrected chi connectivity index (χ4v) is 1.38. The molecular weight excluding hydrogens is 232 g/mol. The van der Waals surface area contributed by atoms with Gasteiger partial charge in [-0.05, 0) is 19.1 Å². The van der Waals surface area contributed by atoms with Crippen LogP contribution in [-0.4, -0.2) is 35.3 Å². The summed E-state index contributed by atoms with van der Waals surface area (Å²) in [6, 6.07) is 1.85. The Balaban J connectivity index is 2.47. The molecule has 0 aliphatic rings. The zero-order valence-corrected chi connectivity index (χ0v) is 10.4. The minimum absolute atomic E-state index is 0.105. The highest BCUT2D eigenvalue weighted by Crippen LogP contribution is 1.95. The van der Waals surface area contributed by atoms with Crippen molar-refractivity contribution < 1.29 is 14.6 Å². The van der Waals surface area contributed by atoms with E-state index in [4.69, 9.17) is 4.74 Å². The van der Waals surface area contributed by atoms with Gasteiger partial charge < -0.3 is 20.1 Å². The number of aliphatic hydroxyl groups excluding tert-OH is 1. The second-order valence-corrected chi connectivity index (χ2v) is 3.84. The number of carbonyl (C=O) groups excluding carboxylic acids is 1. The Hall–Kier alpha value is -2.01. The monoisotopic (exact) mass is 250 g/mol. The van der Waals surface area contributed by atoms with E-state index in [1.807, 2.05) is 6.07 Å². The number of nitrogens with one attached hydrogen (secondary N) is 2. The molecule has 0 aliphatic heterocycles. The molecule has 1 atom stereocenters. The molecule has 0 fully saturated rings. The first-order chi connectivity index (χ1) is 8.54. The Bertz CT molecular complexity index is 519. The minimum Gasteiger partial charge on any atom is -0.495 e. The number of amides is 1. The number of aromatic amines is 1. The minimum atomic E-state index is -0.768. The molecule has 0 aromatic carbocycles. The highest BCUT2D eigenvalue weighted by atomic mass is 16.5. The number of hydrogen-bond acceptors (Lipinski definition) is 3. The van der Waals surface area contributed by atoms with Gasteiger partial charge in [0.05, 0.1) is 0 Å². The van der Waals surface area contributed by atoms with Crippen molar-refractivity contribution in [2.24, 2.45) is 0 Å². The van der Waals surface area contributed by atoms with Gasteiger partial charge >= 0.3 is 0 Å². The van der Waals surface area contributed by atoms with E-state index in [1.54, 1.807) is 13.1 Å². The average Bonchev–Trinajstić information content (AvgIpc) is 2.79. The van der Waals surface area contributed by atoms with Crippen molar-refractivity contribution in [3.63, 3.8) is 0 Å². The lowest BCUT2D eigenvalue weighted by atomic mass is 10.3. The molecule has 1 aromatic rings. The molecule has 1 amide bonds. The number of aromatic nitrogens is 1. The van der Waals surface area contributed by atoms with E-state index in [0.29, 0.717) is 5.76 Å². The van der Waals surface area contributed by atoms with Crippen LogP contribution >= 0.6 is 0 Å². The first-order valence-electron chi connectivity index (χ1n) is 5.59. The van der Waals surface area contributed by atoms with Gasteiger partial charge in [-0.25, -0.2) is 0 Å². The standard InChI is InChI=1S/C13H18N2O3/c1-4-13(17)15-7-11(16)8-18-10(3)12-5-6-14-9(12)2/h4-6,11,14,16H,1-2,7-8H2,3H3,(H,15,17). The molecule has 1 unspecified atom stereocenters. The van der Waals surface area contributed by atoms with Crippen molar-refractivity contribution >= 4 is 18.2 Å². The molecule has 3 N–H and O–H groups in total. The van der Waals surface area contributed by atoms with Crippen molar-refractivity contribution in [1.82, 2.24) is 10.3 Å².